The maximum atomic E-state index is 12.3. The summed E-state index contributed by atoms with van der Waals surface area (Å²) >= 11 is 1.61. The fourth-order valence-corrected chi connectivity index (χ4v) is 3.96. The first-order chi connectivity index (χ1) is 14.2. The molecule has 4 rings (SSSR count). The quantitative estimate of drug-likeness (QED) is 0.356. The molecule has 5 heteroatoms. The predicted molar refractivity (Wildman–Crippen MR) is 121 cm³/mol. The molecule has 0 spiro atoms. The van der Waals surface area contributed by atoms with Crippen LogP contribution in [0.2, 0.25) is 0 Å². The van der Waals surface area contributed by atoms with Gasteiger partial charge in [0, 0.05) is 18.3 Å². The summed E-state index contributed by atoms with van der Waals surface area (Å²) in [6, 6.07) is 22.3. The Morgan fingerprint density at radius 2 is 1.66 bits per heavy atom. The zero-order chi connectivity index (χ0) is 20.1. The molecule has 0 saturated heterocycles. The summed E-state index contributed by atoms with van der Waals surface area (Å²) in [5, 5.41) is 4.08. The number of fused-ring (bicyclic) bond motifs is 1. The van der Waals surface area contributed by atoms with E-state index in [1.54, 1.807) is 11.3 Å². The molecule has 0 unspecified atom stereocenters. The molecule has 1 aromatic heterocycles. The molecule has 0 radical (unpaired) electrons. The fourth-order valence-electron chi connectivity index (χ4n) is 2.96. The average Bonchev–Trinajstić information content (AvgIpc) is 3.20. The second-order valence-corrected chi connectivity index (χ2v) is 7.54. The van der Waals surface area contributed by atoms with Crippen LogP contribution >= 0.6 is 11.3 Å². The van der Waals surface area contributed by atoms with E-state index in [2.05, 4.69) is 66.0 Å². The minimum absolute atomic E-state index is 0.0752. The van der Waals surface area contributed by atoms with Gasteiger partial charge in [0.15, 0.2) is 0 Å². The molecular weight excluding hydrogens is 383 g/mol. The number of nitrogens with zero attached hydrogens (tertiary/aromatic N) is 1. The molecule has 0 amide bonds. The van der Waals surface area contributed by atoms with Gasteiger partial charge in [0.2, 0.25) is 0 Å². The SMILES string of the molecule is CNc1ccc(/C=C/c2ccc(-c3nc4ccc(OCCF)cc4s3)cc2)cc1. The first-order valence-corrected chi connectivity index (χ1v) is 10.2. The van der Waals surface area contributed by atoms with Crippen LogP contribution in [0.25, 0.3) is 32.9 Å². The molecule has 1 N–H and O–H groups in total. The highest BCUT2D eigenvalue weighted by molar-refractivity contribution is 7.21. The van der Waals surface area contributed by atoms with Crippen molar-refractivity contribution in [1.82, 2.24) is 4.98 Å². The fraction of sp³-hybridized carbons (Fsp3) is 0.125. The lowest BCUT2D eigenvalue weighted by Crippen LogP contribution is -1.97. The molecule has 4 aromatic rings. The molecule has 3 aromatic carbocycles. The van der Waals surface area contributed by atoms with Crippen LogP contribution in [0.15, 0.2) is 66.7 Å². The Hall–Kier alpha value is -3.18. The van der Waals surface area contributed by atoms with Gasteiger partial charge in [0.1, 0.15) is 24.0 Å². The van der Waals surface area contributed by atoms with Crippen molar-refractivity contribution < 1.29 is 9.13 Å². The smallest absolute Gasteiger partial charge is 0.124 e. The molecule has 3 nitrogen and oxygen atoms in total. The van der Waals surface area contributed by atoms with Crippen molar-refractivity contribution in [3.8, 4) is 16.3 Å². The number of aromatic nitrogens is 1. The number of rotatable bonds is 7. The Morgan fingerprint density at radius 3 is 2.31 bits per heavy atom. The summed E-state index contributed by atoms with van der Waals surface area (Å²) < 4.78 is 18.7. The van der Waals surface area contributed by atoms with E-state index in [4.69, 9.17) is 9.72 Å². The van der Waals surface area contributed by atoms with Gasteiger partial charge in [-0.2, -0.15) is 0 Å². The number of benzene rings is 3. The molecule has 0 fully saturated rings. The van der Waals surface area contributed by atoms with Gasteiger partial charge in [-0.15, -0.1) is 11.3 Å². The number of nitrogens with one attached hydrogen (secondary N) is 1. The van der Waals surface area contributed by atoms with Crippen LogP contribution < -0.4 is 10.1 Å². The second kappa shape index (κ2) is 8.88. The number of ether oxygens (including phenoxy) is 1. The van der Waals surface area contributed by atoms with Crippen LogP contribution in [-0.2, 0) is 0 Å². The lowest BCUT2D eigenvalue weighted by atomic mass is 10.1. The third kappa shape index (κ3) is 4.63. The number of anilines is 1. The van der Waals surface area contributed by atoms with Crippen LogP contribution in [-0.4, -0.2) is 25.3 Å². The lowest BCUT2D eigenvalue weighted by molar-refractivity contribution is 0.273. The molecule has 0 aliphatic rings. The van der Waals surface area contributed by atoms with E-state index < -0.39 is 6.67 Å². The summed E-state index contributed by atoms with van der Waals surface area (Å²) in [7, 11) is 1.91. The molecule has 29 heavy (non-hydrogen) atoms. The van der Waals surface area contributed by atoms with Gasteiger partial charge in [-0.25, -0.2) is 9.37 Å². The second-order valence-electron chi connectivity index (χ2n) is 6.51. The monoisotopic (exact) mass is 404 g/mol. The maximum absolute atomic E-state index is 12.3. The van der Waals surface area contributed by atoms with Crippen LogP contribution in [0.4, 0.5) is 10.1 Å². The van der Waals surface area contributed by atoms with Gasteiger partial charge in [-0.05, 0) is 41.5 Å². The summed E-state index contributed by atoms with van der Waals surface area (Å²) in [5.41, 5.74) is 5.39. The van der Waals surface area contributed by atoms with E-state index in [1.807, 2.05) is 25.2 Å². The van der Waals surface area contributed by atoms with Crippen molar-refractivity contribution in [3.05, 3.63) is 77.9 Å². The minimum atomic E-state index is -0.492. The lowest BCUT2D eigenvalue weighted by Gasteiger charge is -2.01. The van der Waals surface area contributed by atoms with Gasteiger partial charge in [0.05, 0.1) is 10.2 Å². The number of hydrogen-bond donors (Lipinski definition) is 1. The van der Waals surface area contributed by atoms with Crippen molar-refractivity contribution >= 4 is 39.4 Å². The van der Waals surface area contributed by atoms with Gasteiger partial charge >= 0.3 is 0 Å². The van der Waals surface area contributed by atoms with Crippen molar-refractivity contribution in [2.24, 2.45) is 0 Å². The van der Waals surface area contributed by atoms with Gasteiger partial charge < -0.3 is 10.1 Å². The zero-order valence-electron chi connectivity index (χ0n) is 16.1. The molecular formula is C24H21FN2OS. The summed E-state index contributed by atoms with van der Waals surface area (Å²) in [6.07, 6.45) is 4.20. The third-order valence-electron chi connectivity index (χ3n) is 4.53. The first-order valence-electron chi connectivity index (χ1n) is 9.41. The Balaban J connectivity index is 1.50. The Bertz CT molecular complexity index is 1120. The molecule has 0 bridgehead atoms. The topological polar surface area (TPSA) is 34.2 Å². The molecule has 0 aliphatic heterocycles. The van der Waals surface area contributed by atoms with Crippen molar-refractivity contribution in [3.63, 3.8) is 0 Å². The van der Waals surface area contributed by atoms with E-state index in [9.17, 15) is 4.39 Å². The third-order valence-corrected chi connectivity index (χ3v) is 5.60. The van der Waals surface area contributed by atoms with Crippen LogP contribution in [0.1, 0.15) is 11.1 Å². The Labute approximate surface area is 173 Å². The summed E-state index contributed by atoms with van der Waals surface area (Å²) in [6.45, 7) is -0.417. The normalized spacial score (nSPS) is 11.2. The number of thiazole rings is 1. The number of halogens is 1. The van der Waals surface area contributed by atoms with E-state index in [-0.39, 0.29) is 6.61 Å². The van der Waals surface area contributed by atoms with Crippen LogP contribution in [0, 0.1) is 0 Å². The van der Waals surface area contributed by atoms with Crippen molar-refractivity contribution in [2.45, 2.75) is 0 Å². The average molecular weight is 405 g/mol. The van der Waals surface area contributed by atoms with Crippen LogP contribution in [0.3, 0.4) is 0 Å². The van der Waals surface area contributed by atoms with Crippen molar-refractivity contribution in [2.75, 3.05) is 25.6 Å². The summed E-state index contributed by atoms with van der Waals surface area (Å²) in [5.74, 6) is 0.675. The van der Waals surface area contributed by atoms with E-state index >= 15 is 0 Å². The molecule has 0 saturated carbocycles. The Morgan fingerprint density at radius 1 is 0.966 bits per heavy atom. The standard InChI is InChI=1S/C24H21FN2OS/c1-26-20-10-6-18(7-11-20)3-2-17-4-8-19(9-5-17)24-27-22-13-12-21(28-15-14-25)16-23(22)29-24/h2-13,16,26H,14-15H2,1H3/b3-2+. The van der Waals surface area contributed by atoms with Gasteiger partial charge in [-0.1, -0.05) is 48.6 Å². The highest BCUT2D eigenvalue weighted by Gasteiger charge is 2.07. The van der Waals surface area contributed by atoms with E-state index in [0.717, 1.165) is 37.6 Å². The van der Waals surface area contributed by atoms with Crippen LogP contribution in [0.5, 0.6) is 5.75 Å². The van der Waals surface area contributed by atoms with E-state index in [0.29, 0.717) is 5.75 Å². The zero-order valence-corrected chi connectivity index (χ0v) is 16.9. The van der Waals surface area contributed by atoms with E-state index in [1.165, 1.54) is 0 Å². The molecule has 1 heterocycles. The molecule has 146 valence electrons. The highest BCUT2D eigenvalue weighted by Crippen LogP contribution is 2.32. The molecule has 0 atom stereocenters. The number of alkyl halides is 1. The first kappa shape index (κ1) is 19.2. The highest BCUT2D eigenvalue weighted by atomic mass is 32.1. The Kier molecular flexibility index (Phi) is 5.86. The van der Waals surface area contributed by atoms with Gasteiger partial charge in [-0.3, -0.25) is 0 Å². The number of hydrogen-bond acceptors (Lipinski definition) is 4. The summed E-state index contributed by atoms with van der Waals surface area (Å²) in [4.78, 5) is 4.71. The predicted octanol–water partition coefficient (Wildman–Crippen LogP) is 6.52. The van der Waals surface area contributed by atoms with Gasteiger partial charge in [0.25, 0.3) is 0 Å². The molecule has 0 aliphatic carbocycles. The maximum Gasteiger partial charge on any atom is 0.124 e. The minimum Gasteiger partial charge on any atom is -0.491 e. The largest absolute Gasteiger partial charge is 0.491 e. The van der Waals surface area contributed by atoms with Crippen molar-refractivity contribution in [1.29, 1.82) is 0 Å².